The van der Waals surface area contributed by atoms with Gasteiger partial charge in [-0.2, -0.15) is 0 Å². The van der Waals surface area contributed by atoms with Crippen molar-refractivity contribution < 1.29 is 18.4 Å². The Morgan fingerprint density at radius 1 is 1.14 bits per heavy atom. The van der Waals surface area contributed by atoms with Crippen LogP contribution in [0.1, 0.15) is 39.0 Å². The molecule has 2 aromatic rings. The van der Waals surface area contributed by atoms with Gasteiger partial charge in [-0.1, -0.05) is 0 Å². The number of rotatable bonds is 3. The molecule has 0 radical (unpaired) electrons. The van der Waals surface area contributed by atoms with E-state index in [1.165, 1.54) is 13.0 Å². The standard InChI is InChI=1S/C16H16F2N2O2/c1-8-14(9(2)20(4)15(8)10(3)21)16(22)19-11-5-6-12(17)13(18)7-11/h5-7H,1-4H3,(H,19,22). The van der Waals surface area contributed by atoms with E-state index in [4.69, 9.17) is 0 Å². The predicted molar refractivity (Wildman–Crippen MR) is 79.2 cm³/mol. The Kier molecular flexibility index (Phi) is 4.12. The maximum Gasteiger partial charge on any atom is 0.257 e. The fourth-order valence-corrected chi connectivity index (χ4v) is 2.58. The first-order valence-electron chi connectivity index (χ1n) is 6.67. The molecule has 116 valence electrons. The lowest BCUT2D eigenvalue weighted by molar-refractivity contribution is 0.100. The van der Waals surface area contributed by atoms with E-state index in [2.05, 4.69) is 5.32 Å². The number of nitrogens with one attached hydrogen (secondary N) is 1. The molecule has 1 amide bonds. The Balaban J connectivity index is 2.40. The lowest BCUT2D eigenvalue weighted by Crippen LogP contribution is -2.14. The molecule has 0 bridgehead atoms. The van der Waals surface area contributed by atoms with Crippen LogP contribution in [0.25, 0.3) is 0 Å². The summed E-state index contributed by atoms with van der Waals surface area (Å²) in [6.07, 6.45) is 0. The largest absolute Gasteiger partial charge is 0.345 e. The summed E-state index contributed by atoms with van der Waals surface area (Å²) < 4.78 is 27.7. The molecule has 0 aliphatic rings. The van der Waals surface area contributed by atoms with Gasteiger partial charge in [0.25, 0.3) is 5.91 Å². The van der Waals surface area contributed by atoms with E-state index in [0.717, 1.165) is 12.1 Å². The summed E-state index contributed by atoms with van der Waals surface area (Å²) in [5, 5.41) is 2.52. The number of Topliss-reactive ketones (excluding diaryl/α,β-unsaturated/α-hetero) is 1. The molecule has 0 spiro atoms. The molecule has 2 rings (SSSR count). The second-order valence-electron chi connectivity index (χ2n) is 5.13. The van der Waals surface area contributed by atoms with Crippen LogP contribution in [-0.2, 0) is 7.05 Å². The summed E-state index contributed by atoms with van der Waals surface area (Å²) in [5.74, 6) is -2.63. The number of benzene rings is 1. The molecule has 22 heavy (non-hydrogen) atoms. The summed E-state index contributed by atoms with van der Waals surface area (Å²) in [4.78, 5) is 24.1. The first kappa shape index (κ1) is 15.9. The minimum atomic E-state index is -1.04. The number of aromatic nitrogens is 1. The van der Waals surface area contributed by atoms with Crippen molar-refractivity contribution in [2.75, 3.05) is 5.32 Å². The number of halogens is 2. The normalized spacial score (nSPS) is 10.6. The van der Waals surface area contributed by atoms with Crippen LogP contribution in [0, 0.1) is 25.5 Å². The fourth-order valence-electron chi connectivity index (χ4n) is 2.58. The Morgan fingerprint density at radius 3 is 2.27 bits per heavy atom. The van der Waals surface area contributed by atoms with Crippen molar-refractivity contribution in [1.82, 2.24) is 4.57 Å². The predicted octanol–water partition coefficient (Wildman–Crippen LogP) is 3.38. The molecule has 1 aromatic carbocycles. The van der Waals surface area contributed by atoms with Gasteiger partial charge in [0, 0.05) is 31.4 Å². The van der Waals surface area contributed by atoms with Crippen molar-refractivity contribution in [2.45, 2.75) is 20.8 Å². The molecule has 0 saturated carbocycles. The van der Waals surface area contributed by atoms with Gasteiger partial charge in [0.1, 0.15) is 0 Å². The molecular weight excluding hydrogens is 290 g/mol. The molecular formula is C16H16F2N2O2. The number of ketones is 1. The van der Waals surface area contributed by atoms with Crippen molar-refractivity contribution in [3.05, 3.63) is 52.3 Å². The van der Waals surface area contributed by atoms with Crippen LogP contribution in [0.2, 0.25) is 0 Å². The smallest absolute Gasteiger partial charge is 0.257 e. The number of hydrogen-bond donors (Lipinski definition) is 1. The molecule has 0 fully saturated rings. The monoisotopic (exact) mass is 306 g/mol. The lowest BCUT2D eigenvalue weighted by atomic mass is 10.1. The molecule has 1 N–H and O–H groups in total. The third-order valence-electron chi connectivity index (χ3n) is 3.67. The van der Waals surface area contributed by atoms with Crippen molar-refractivity contribution in [3.63, 3.8) is 0 Å². The molecule has 6 heteroatoms. The maximum absolute atomic E-state index is 13.2. The third kappa shape index (κ3) is 2.64. The second-order valence-corrected chi connectivity index (χ2v) is 5.13. The Hall–Kier alpha value is -2.50. The molecule has 0 unspecified atom stereocenters. The molecule has 0 aliphatic heterocycles. The fraction of sp³-hybridized carbons (Fsp3) is 0.250. The minimum absolute atomic E-state index is 0.144. The van der Waals surface area contributed by atoms with Gasteiger partial charge in [0.15, 0.2) is 17.4 Å². The van der Waals surface area contributed by atoms with Crippen LogP contribution in [0.4, 0.5) is 14.5 Å². The highest BCUT2D eigenvalue weighted by Crippen LogP contribution is 2.23. The molecule has 0 atom stereocenters. The Labute approximate surface area is 126 Å². The zero-order valence-electron chi connectivity index (χ0n) is 12.8. The lowest BCUT2D eigenvalue weighted by Gasteiger charge is -2.07. The maximum atomic E-state index is 13.2. The van der Waals surface area contributed by atoms with Crippen LogP contribution in [0.15, 0.2) is 18.2 Å². The van der Waals surface area contributed by atoms with Crippen molar-refractivity contribution in [2.24, 2.45) is 7.05 Å². The van der Waals surface area contributed by atoms with Gasteiger partial charge in [-0.25, -0.2) is 8.78 Å². The van der Waals surface area contributed by atoms with Crippen LogP contribution < -0.4 is 5.32 Å². The molecule has 1 heterocycles. The summed E-state index contributed by atoms with van der Waals surface area (Å²) in [6, 6.07) is 3.12. The number of hydrogen-bond acceptors (Lipinski definition) is 2. The number of carbonyl (C=O) groups is 2. The molecule has 0 aliphatic carbocycles. The van der Waals surface area contributed by atoms with Gasteiger partial charge in [-0.15, -0.1) is 0 Å². The van der Waals surface area contributed by atoms with Gasteiger partial charge in [0.2, 0.25) is 0 Å². The highest BCUT2D eigenvalue weighted by molar-refractivity contribution is 6.08. The van der Waals surface area contributed by atoms with Crippen LogP contribution in [0.5, 0.6) is 0 Å². The van der Waals surface area contributed by atoms with Gasteiger partial charge in [0.05, 0.1) is 11.3 Å². The van der Waals surface area contributed by atoms with Gasteiger partial charge in [-0.05, 0) is 31.5 Å². The topological polar surface area (TPSA) is 51.1 Å². The van der Waals surface area contributed by atoms with Gasteiger partial charge < -0.3 is 9.88 Å². The van der Waals surface area contributed by atoms with Gasteiger partial charge in [-0.3, -0.25) is 9.59 Å². The highest BCUT2D eigenvalue weighted by atomic mass is 19.2. The van der Waals surface area contributed by atoms with E-state index < -0.39 is 17.5 Å². The average molecular weight is 306 g/mol. The first-order chi connectivity index (χ1) is 10.2. The molecule has 0 saturated heterocycles. The van der Waals surface area contributed by atoms with Gasteiger partial charge >= 0.3 is 0 Å². The highest BCUT2D eigenvalue weighted by Gasteiger charge is 2.23. The van der Waals surface area contributed by atoms with Crippen LogP contribution >= 0.6 is 0 Å². The summed E-state index contributed by atoms with van der Waals surface area (Å²) >= 11 is 0. The van der Waals surface area contributed by atoms with E-state index in [0.29, 0.717) is 22.5 Å². The van der Waals surface area contributed by atoms with E-state index in [-0.39, 0.29) is 11.5 Å². The first-order valence-corrected chi connectivity index (χ1v) is 6.67. The van der Waals surface area contributed by atoms with E-state index in [9.17, 15) is 18.4 Å². The summed E-state index contributed by atoms with van der Waals surface area (Å²) in [5.41, 5.74) is 2.15. The van der Waals surface area contributed by atoms with E-state index in [1.807, 2.05) is 0 Å². The second kappa shape index (κ2) is 5.71. The molecule has 1 aromatic heterocycles. The van der Waals surface area contributed by atoms with Crippen molar-refractivity contribution in [1.29, 1.82) is 0 Å². The Morgan fingerprint density at radius 2 is 1.77 bits per heavy atom. The van der Waals surface area contributed by atoms with Crippen molar-refractivity contribution >= 4 is 17.4 Å². The zero-order valence-corrected chi connectivity index (χ0v) is 12.8. The quantitative estimate of drug-likeness (QED) is 0.884. The Bertz CT molecular complexity index is 779. The van der Waals surface area contributed by atoms with Crippen LogP contribution in [0.3, 0.4) is 0 Å². The number of anilines is 1. The van der Waals surface area contributed by atoms with Crippen molar-refractivity contribution in [3.8, 4) is 0 Å². The number of carbonyl (C=O) groups excluding carboxylic acids is 2. The van der Waals surface area contributed by atoms with E-state index in [1.54, 1.807) is 25.5 Å². The summed E-state index contributed by atoms with van der Waals surface area (Å²) in [6.45, 7) is 4.84. The summed E-state index contributed by atoms with van der Waals surface area (Å²) in [7, 11) is 1.70. The SMILES string of the molecule is CC(=O)c1c(C)c(C(=O)Nc2ccc(F)c(F)c2)c(C)n1C. The van der Waals surface area contributed by atoms with Crippen LogP contribution in [-0.4, -0.2) is 16.3 Å². The molecule has 4 nitrogen and oxygen atoms in total. The average Bonchev–Trinajstić information content (AvgIpc) is 2.64. The minimum Gasteiger partial charge on any atom is -0.345 e. The van der Waals surface area contributed by atoms with E-state index >= 15 is 0 Å². The third-order valence-corrected chi connectivity index (χ3v) is 3.67. The number of amides is 1. The zero-order chi connectivity index (χ0) is 16.6. The number of nitrogens with zero attached hydrogens (tertiary/aromatic N) is 1.